The van der Waals surface area contributed by atoms with Gasteiger partial charge in [-0.15, -0.1) is 24.0 Å². The van der Waals surface area contributed by atoms with E-state index in [0.717, 1.165) is 17.7 Å². The summed E-state index contributed by atoms with van der Waals surface area (Å²) in [6, 6.07) is 5.30. The Bertz CT molecular complexity index is 618. The number of nitrogens with one attached hydrogen (secondary N) is 2. The second-order valence-corrected chi connectivity index (χ2v) is 6.97. The predicted molar refractivity (Wildman–Crippen MR) is 104 cm³/mol. The number of methoxy groups -OCH3 is 1. The van der Waals surface area contributed by atoms with Crippen LogP contribution >= 0.6 is 24.0 Å². The summed E-state index contributed by atoms with van der Waals surface area (Å²) in [5.74, 6) is 0.712. The van der Waals surface area contributed by atoms with Crippen LogP contribution in [0.1, 0.15) is 18.1 Å². The minimum atomic E-state index is -3.18. The van der Waals surface area contributed by atoms with Gasteiger partial charge in [0, 0.05) is 26.5 Å². The highest BCUT2D eigenvalue weighted by atomic mass is 127. The summed E-state index contributed by atoms with van der Waals surface area (Å²) in [4.78, 5) is 4.84. The number of benzene rings is 1. The number of guanidine groups is 1. The molecule has 8 heteroatoms. The van der Waals surface area contributed by atoms with Gasteiger partial charge in [0.1, 0.15) is 0 Å². The van der Waals surface area contributed by atoms with Gasteiger partial charge in [0.05, 0.1) is 18.0 Å². The summed E-state index contributed by atoms with van der Waals surface area (Å²) >= 11 is 0. The monoisotopic (exact) mass is 455 g/mol. The predicted octanol–water partition coefficient (Wildman–Crippen LogP) is 1.72. The SMILES string of the molecule is CCNC(=NCc1ccc(S(C)(=O)=O)c(C)c1)NCCOC.I. The lowest BCUT2D eigenvalue weighted by molar-refractivity contribution is 0.203. The molecule has 1 aromatic rings. The number of aryl methyl sites for hydroxylation is 1. The molecular formula is C15H26IN3O3S. The minimum Gasteiger partial charge on any atom is -0.383 e. The van der Waals surface area contributed by atoms with Gasteiger partial charge in [-0.3, -0.25) is 0 Å². The van der Waals surface area contributed by atoms with Crippen LogP contribution in [0.3, 0.4) is 0 Å². The Morgan fingerprint density at radius 1 is 1.30 bits per heavy atom. The smallest absolute Gasteiger partial charge is 0.191 e. The first-order valence-electron chi connectivity index (χ1n) is 7.19. The lowest BCUT2D eigenvalue weighted by Crippen LogP contribution is -2.38. The molecule has 1 aromatic carbocycles. The Labute approximate surface area is 156 Å². The molecule has 1 rings (SSSR count). The minimum absolute atomic E-state index is 0. The molecule has 0 amide bonds. The molecule has 0 atom stereocenters. The molecular weight excluding hydrogens is 429 g/mol. The molecule has 0 aliphatic heterocycles. The number of sulfone groups is 1. The van der Waals surface area contributed by atoms with Crippen molar-refractivity contribution < 1.29 is 13.2 Å². The number of ether oxygens (including phenoxy) is 1. The highest BCUT2D eigenvalue weighted by Crippen LogP contribution is 2.17. The fraction of sp³-hybridized carbons (Fsp3) is 0.533. The molecule has 6 nitrogen and oxygen atoms in total. The Hall–Kier alpha value is -0.870. The molecule has 0 unspecified atom stereocenters. The second-order valence-electron chi connectivity index (χ2n) is 4.99. The van der Waals surface area contributed by atoms with Gasteiger partial charge in [-0.05, 0) is 31.0 Å². The van der Waals surface area contributed by atoms with Crippen molar-refractivity contribution in [2.45, 2.75) is 25.3 Å². The number of hydrogen-bond acceptors (Lipinski definition) is 4. The third kappa shape index (κ3) is 7.98. The van der Waals surface area contributed by atoms with E-state index in [1.54, 1.807) is 26.2 Å². The molecule has 0 radical (unpaired) electrons. The van der Waals surface area contributed by atoms with E-state index in [2.05, 4.69) is 15.6 Å². The number of nitrogens with zero attached hydrogens (tertiary/aromatic N) is 1. The van der Waals surface area contributed by atoms with Gasteiger partial charge in [-0.1, -0.05) is 12.1 Å². The zero-order valence-corrected chi connectivity index (χ0v) is 17.2. The van der Waals surface area contributed by atoms with Crippen molar-refractivity contribution in [3.05, 3.63) is 29.3 Å². The van der Waals surface area contributed by atoms with Crippen LogP contribution in [0.2, 0.25) is 0 Å². The van der Waals surface area contributed by atoms with E-state index in [9.17, 15) is 8.42 Å². The first-order valence-corrected chi connectivity index (χ1v) is 9.08. The molecule has 0 aliphatic rings. The third-order valence-corrected chi connectivity index (χ3v) is 4.26. The second kappa shape index (κ2) is 10.8. The van der Waals surface area contributed by atoms with Crippen LogP contribution < -0.4 is 10.6 Å². The zero-order chi connectivity index (χ0) is 16.6. The molecule has 0 saturated heterocycles. The van der Waals surface area contributed by atoms with Gasteiger partial charge in [0.15, 0.2) is 15.8 Å². The van der Waals surface area contributed by atoms with E-state index in [0.29, 0.717) is 30.6 Å². The molecule has 0 spiro atoms. The van der Waals surface area contributed by atoms with Crippen LogP contribution in [-0.2, 0) is 21.1 Å². The van der Waals surface area contributed by atoms with Crippen LogP contribution in [0.15, 0.2) is 28.1 Å². The third-order valence-electron chi connectivity index (χ3n) is 3.00. The largest absolute Gasteiger partial charge is 0.383 e. The normalized spacial score (nSPS) is 11.7. The highest BCUT2D eigenvalue weighted by molar-refractivity contribution is 14.0. The summed E-state index contributed by atoms with van der Waals surface area (Å²) in [6.07, 6.45) is 1.22. The molecule has 0 aromatic heterocycles. The van der Waals surface area contributed by atoms with Crippen molar-refractivity contribution in [2.24, 2.45) is 4.99 Å². The number of aliphatic imine (C=N–C) groups is 1. The maximum atomic E-state index is 11.6. The van der Waals surface area contributed by atoms with Gasteiger partial charge in [0.2, 0.25) is 0 Å². The van der Waals surface area contributed by atoms with Gasteiger partial charge < -0.3 is 15.4 Å². The lowest BCUT2D eigenvalue weighted by Gasteiger charge is -2.11. The molecule has 0 fully saturated rings. The van der Waals surface area contributed by atoms with E-state index in [4.69, 9.17) is 4.74 Å². The lowest BCUT2D eigenvalue weighted by atomic mass is 10.1. The first-order chi connectivity index (χ1) is 10.4. The molecule has 0 aliphatic carbocycles. The maximum absolute atomic E-state index is 11.6. The molecule has 132 valence electrons. The van der Waals surface area contributed by atoms with Crippen molar-refractivity contribution in [1.29, 1.82) is 0 Å². The van der Waals surface area contributed by atoms with E-state index in [-0.39, 0.29) is 24.0 Å². The number of halogens is 1. The van der Waals surface area contributed by atoms with Gasteiger partial charge in [-0.25, -0.2) is 13.4 Å². The van der Waals surface area contributed by atoms with Crippen molar-refractivity contribution in [3.8, 4) is 0 Å². The Kier molecular flexibility index (Phi) is 10.4. The average Bonchev–Trinajstić information content (AvgIpc) is 2.43. The van der Waals surface area contributed by atoms with Crippen LogP contribution in [0.4, 0.5) is 0 Å². The first kappa shape index (κ1) is 22.1. The molecule has 0 heterocycles. The molecule has 23 heavy (non-hydrogen) atoms. The standard InChI is InChI=1S/C15H25N3O3S.HI/c1-5-16-15(17-8-9-21-3)18-11-13-6-7-14(12(2)10-13)22(4,19)20;/h6-7,10H,5,8-9,11H2,1-4H3,(H2,16,17,18);1H. The van der Waals surface area contributed by atoms with Crippen LogP contribution in [-0.4, -0.2) is 47.4 Å². The van der Waals surface area contributed by atoms with Crippen molar-refractivity contribution in [3.63, 3.8) is 0 Å². The van der Waals surface area contributed by atoms with Crippen molar-refractivity contribution in [1.82, 2.24) is 10.6 Å². The molecule has 0 saturated carbocycles. The highest BCUT2D eigenvalue weighted by Gasteiger charge is 2.10. The summed E-state index contributed by atoms with van der Waals surface area (Å²) in [5, 5.41) is 6.31. The van der Waals surface area contributed by atoms with E-state index >= 15 is 0 Å². The maximum Gasteiger partial charge on any atom is 0.191 e. The number of rotatable bonds is 7. The van der Waals surface area contributed by atoms with E-state index in [1.807, 2.05) is 13.0 Å². The van der Waals surface area contributed by atoms with Crippen molar-refractivity contribution in [2.75, 3.05) is 33.1 Å². The van der Waals surface area contributed by atoms with Crippen LogP contribution in [0.25, 0.3) is 0 Å². The summed E-state index contributed by atoms with van der Waals surface area (Å²) in [7, 11) is -1.53. The number of hydrogen-bond donors (Lipinski definition) is 2. The van der Waals surface area contributed by atoms with E-state index < -0.39 is 9.84 Å². The van der Waals surface area contributed by atoms with E-state index in [1.165, 1.54) is 6.26 Å². The Morgan fingerprint density at radius 2 is 2.00 bits per heavy atom. The summed E-state index contributed by atoms with van der Waals surface area (Å²) in [6.45, 7) is 6.32. The van der Waals surface area contributed by atoms with Gasteiger partial charge in [-0.2, -0.15) is 0 Å². The summed E-state index contributed by atoms with van der Waals surface area (Å²) < 4.78 is 28.2. The van der Waals surface area contributed by atoms with Crippen molar-refractivity contribution >= 4 is 39.8 Å². The average molecular weight is 455 g/mol. The topological polar surface area (TPSA) is 79.8 Å². The molecule has 2 N–H and O–H groups in total. The van der Waals surface area contributed by atoms with Crippen LogP contribution in [0, 0.1) is 6.92 Å². The van der Waals surface area contributed by atoms with Crippen LogP contribution in [0.5, 0.6) is 0 Å². The Morgan fingerprint density at radius 3 is 2.52 bits per heavy atom. The zero-order valence-electron chi connectivity index (χ0n) is 14.0. The van der Waals surface area contributed by atoms with Gasteiger partial charge in [0.25, 0.3) is 0 Å². The quantitative estimate of drug-likeness (QED) is 0.283. The fourth-order valence-corrected chi connectivity index (χ4v) is 2.97. The fourth-order valence-electron chi connectivity index (χ4n) is 2.01. The molecule has 0 bridgehead atoms. The summed E-state index contributed by atoms with van der Waals surface area (Å²) in [5.41, 5.74) is 1.71. The van der Waals surface area contributed by atoms with Gasteiger partial charge >= 0.3 is 0 Å². The Balaban J connectivity index is 0.00000484.